The van der Waals surface area contributed by atoms with Crippen LogP contribution >= 0.6 is 18.9 Å². The van der Waals surface area contributed by atoms with Crippen LogP contribution in [-0.4, -0.2) is 68.7 Å². The van der Waals surface area contributed by atoms with Crippen LogP contribution in [0.15, 0.2) is 42.6 Å². The molecule has 43 heavy (non-hydrogen) atoms. The average molecular weight is 629 g/mol. The molecule has 1 aliphatic carbocycles. The minimum absolute atomic E-state index is 0.0732. The molecule has 2 saturated heterocycles. The first kappa shape index (κ1) is 28.4. The fourth-order valence-corrected chi connectivity index (χ4v) is 8.33. The van der Waals surface area contributed by atoms with Crippen molar-refractivity contribution >= 4 is 52.4 Å². The van der Waals surface area contributed by atoms with E-state index in [1.165, 1.54) is 24.3 Å². The molecule has 0 spiro atoms. The molecule has 11 nitrogen and oxygen atoms in total. The van der Waals surface area contributed by atoms with Gasteiger partial charge in [0.25, 0.3) is 5.91 Å². The molecular weight excluding hydrogens is 598 g/mol. The van der Waals surface area contributed by atoms with Crippen LogP contribution < -0.4 is 15.0 Å². The number of anilines is 1. The van der Waals surface area contributed by atoms with E-state index in [9.17, 15) is 33.1 Å². The monoisotopic (exact) mass is 628 g/mol. The summed E-state index contributed by atoms with van der Waals surface area (Å²) < 4.78 is 31.9. The summed E-state index contributed by atoms with van der Waals surface area (Å²) in [4.78, 5) is 67.9. The number of nitrogens with zero attached hydrogens (tertiary/aromatic N) is 3. The molecule has 3 aromatic rings. The second-order valence-corrected chi connectivity index (χ2v) is 14.5. The van der Waals surface area contributed by atoms with Crippen LogP contribution in [-0.2, 0) is 14.2 Å². The van der Waals surface area contributed by atoms with Crippen LogP contribution in [0.1, 0.15) is 53.3 Å². The molecule has 3 amide bonds. The number of halogens is 1. The Morgan fingerprint density at radius 1 is 1.14 bits per heavy atom. The summed E-state index contributed by atoms with van der Waals surface area (Å²) in [6.45, 7) is 0.667. The van der Waals surface area contributed by atoms with Gasteiger partial charge in [0.2, 0.25) is 23.6 Å². The first-order valence-corrected chi connectivity index (χ1v) is 16.8. The van der Waals surface area contributed by atoms with Crippen molar-refractivity contribution in [1.29, 1.82) is 0 Å². The molecule has 1 saturated carbocycles. The van der Waals surface area contributed by atoms with Gasteiger partial charge in [0.1, 0.15) is 24.4 Å². The number of hydrogen-bond donors (Lipinski definition) is 3. The Kier molecular flexibility index (Phi) is 7.04. The Morgan fingerprint density at radius 3 is 2.77 bits per heavy atom. The van der Waals surface area contributed by atoms with Gasteiger partial charge in [-0.1, -0.05) is 6.07 Å². The molecule has 0 radical (unpaired) electrons. The van der Waals surface area contributed by atoms with Crippen LogP contribution in [0.3, 0.4) is 0 Å². The number of benzene rings is 1. The first-order valence-electron chi connectivity index (χ1n) is 14.3. The topological polar surface area (TPSA) is 149 Å². The minimum Gasteiger partial charge on any atom is -0.474 e. The molecule has 6 atom stereocenters. The Labute approximate surface area is 250 Å². The zero-order valence-corrected chi connectivity index (χ0v) is 24.7. The van der Waals surface area contributed by atoms with E-state index in [2.05, 4.69) is 10.3 Å². The number of carbonyl (C=O) groups is 3. The number of rotatable bonds is 5. The maximum atomic E-state index is 14.3. The highest BCUT2D eigenvalue weighted by Crippen LogP contribution is 2.53. The highest BCUT2D eigenvalue weighted by atomic mass is 32.1. The van der Waals surface area contributed by atoms with Crippen molar-refractivity contribution in [3.8, 4) is 5.88 Å². The maximum absolute atomic E-state index is 14.3. The van der Waals surface area contributed by atoms with Gasteiger partial charge in [0.05, 0.1) is 11.4 Å². The second-order valence-electron chi connectivity index (χ2n) is 11.7. The third-order valence-corrected chi connectivity index (χ3v) is 11.0. The number of alkyl halides is 1. The van der Waals surface area contributed by atoms with Gasteiger partial charge in [-0.2, -0.15) is 0 Å². The lowest BCUT2D eigenvalue weighted by Crippen LogP contribution is -2.57. The summed E-state index contributed by atoms with van der Waals surface area (Å²) in [5.41, 5.74) is 0.414. The smallest absolute Gasteiger partial charge is 0.363 e. The van der Waals surface area contributed by atoms with Crippen LogP contribution in [0.4, 0.5) is 10.1 Å². The summed E-state index contributed by atoms with van der Waals surface area (Å²) in [5, 5.41) is 3.40. The number of fused-ring (bicyclic) bond motifs is 4. The van der Waals surface area contributed by atoms with E-state index in [0.717, 1.165) is 30.6 Å². The lowest BCUT2D eigenvalue weighted by atomic mass is 9.99. The fraction of sp³-hybridized carbons (Fsp3) is 0.448. The Bertz CT molecular complexity index is 1680. The molecule has 7 rings (SSSR count). The average Bonchev–Trinajstić information content (AvgIpc) is 3.36. The zero-order chi connectivity index (χ0) is 30.0. The zero-order valence-electron chi connectivity index (χ0n) is 23.0. The van der Waals surface area contributed by atoms with Crippen molar-refractivity contribution in [2.24, 2.45) is 11.8 Å². The van der Waals surface area contributed by atoms with Crippen LogP contribution in [0, 0.1) is 11.8 Å². The minimum atomic E-state index is -4.98. The molecule has 1 unspecified atom stereocenters. The molecular formula is C29H30FN4O7PS. The van der Waals surface area contributed by atoms with Gasteiger partial charge in [-0.15, -0.1) is 11.3 Å². The quantitative estimate of drug-likeness (QED) is 0.362. The summed E-state index contributed by atoms with van der Waals surface area (Å²) >= 11 is 1.15. The normalized spacial score (nSPS) is 27.3. The van der Waals surface area contributed by atoms with Gasteiger partial charge in [-0.3, -0.25) is 18.9 Å². The Morgan fingerprint density at radius 2 is 1.95 bits per heavy atom. The fourth-order valence-electron chi connectivity index (χ4n) is 6.84. The number of ether oxygens (including phenoxy) is 1. The third-order valence-electron chi connectivity index (χ3n) is 9.02. The molecule has 0 bridgehead atoms. The maximum Gasteiger partial charge on any atom is 0.363 e. The molecule has 14 heteroatoms. The third kappa shape index (κ3) is 5.22. The van der Waals surface area contributed by atoms with Crippen molar-refractivity contribution in [2.75, 3.05) is 18.1 Å². The molecule has 3 fully saturated rings. The molecule has 1 aromatic carbocycles. The number of aromatic nitrogens is 1. The van der Waals surface area contributed by atoms with E-state index in [4.69, 9.17) is 4.74 Å². The van der Waals surface area contributed by atoms with Gasteiger partial charge >= 0.3 is 7.60 Å². The van der Waals surface area contributed by atoms with Crippen molar-refractivity contribution in [3.63, 3.8) is 0 Å². The summed E-state index contributed by atoms with van der Waals surface area (Å²) in [5.74, 6) is -2.18. The number of pyridine rings is 1. The van der Waals surface area contributed by atoms with Gasteiger partial charge < -0.3 is 29.6 Å². The first-order chi connectivity index (χ1) is 20.6. The van der Waals surface area contributed by atoms with E-state index in [1.807, 2.05) is 0 Å². The van der Waals surface area contributed by atoms with Gasteiger partial charge in [0.15, 0.2) is 0 Å². The van der Waals surface area contributed by atoms with Gasteiger partial charge in [-0.05, 0) is 85.2 Å². The molecule has 4 aliphatic rings. The Balaban J connectivity index is 1.13. The van der Waals surface area contributed by atoms with Gasteiger partial charge in [-0.25, -0.2) is 9.37 Å². The number of carbonyl (C=O) groups excluding carboxylic acids is 3. The molecule has 3 N–H and O–H groups in total. The van der Waals surface area contributed by atoms with Crippen molar-refractivity contribution in [2.45, 2.75) is 56.1 Å². The van der Waals surface area contributed by atoms with E-state index in [-0.39, 0.29) is 23.4 Å². The number of amides is 3. The van der Waals surface area contributed by atoms with Crippen LogP contribution in [0.2, 0.25) is 0 Å². The highest BCUT2D eigenvalue weighted by molar-refractivity contribution is 7.51. The summed E-state index contributed by atoms with van der Waals surface area (Å²) in [7, 11) is -4.98. The summed E-state index contributed by atoms with van der Waals surface area (Å²) in [6, 6.07) is 7.68. The molecule has 5 heterocycles. The lowest BCUT2D eigenvalue weighted by Gasteiger charge is -2.37. The van der Waals surface area contributed by atoms with Crippen LogP contribution in [0.5, 0.6) is 5.88 Å². The number of thiophene rings is 1. The van der Waals surface area contributed by atoms with E-state index >= 15 is 0 Å². The van der Waals surface area contributed by atoms with Crippen LogP contribution in [0.25, 0.3) is 10.1 Å². The largest absolute Gasteiger partial charge is 0.474 e. The lowest BCUT2D eigenvalue weighted by molar-refractivity contribution is -0.142. The van der Waals surface area contributed by atoms with E-state index in [0.29, 0.717) is 64.4 Å². The SMILES string of the molecule is O=C(N[C@H]1C[C@@H]2C[C@@H]2C[C@H]2CC[C@@H](C(=O)N3CCOc4ncccc43)N2C1=O)c1cc2cc(C(F)P(=O)(O)O)ccc2s1. The number of nitrogens with one attached hydrogen (secondary N) is 1. The Hall–Kier alpha value is -3.38. The van der Waals surface area contributed by atoms with E-state index in [1.54, 1.807) is 28.1 Å². The predicted molar refractivity (Wildman–Crippen MR) is 156 cm³/mol. The standard InChI is InChI=1S/C29H30FN4O7PS/c30-25(42(38,39)40)15-3-6-23-18(10-15)14-24(43-23)26(35)32-20-13-17-11-16(17)12-19-4-5-22(34(19)28(20)36)29(37)33-8-9-41-27-21(33)2-1-7-31-27/h1-3,6-7,10,14,16-17,19-20,22,25H,4-5,8-9,11-13H2,(H,32,35)(H2,38,39,40)/t16-,17+,19-,20+,22+,25?/m1/s1. The molecule has 226 valence electrons. The predicted octanol–water partition coefficient (Wildman–Crippen LogP) is 3.76. The number of hydrogen-bond acceptors (Lipinski definition) is 7. The second kappa shape index (κ2) is 10.7. The van der Waals surface area contributed by atoms with Crippen molar-refractivity contribution in [3.05, 3.63) is 53.0 Å². The van der Waals surface area contributed by atoms with Crippen molar-refractivity contribution < 1.29 is 37.9 Å². The molecule has 3 aliphatic heterocycles. The van der Waals surface area contributed by atoms with E-state index < -0.39 is 31.5 Å². The molecule has 2 aromatic heterocycles. The summed E-state index contributed by atoms with van der Waals surface area (Å²) in [6.07, 6.45) is 5.20. The van der Waals surface area contributed by atoms with Gasteiger partial charge in [0, 0.05) is 16.9 Å². The highest BCUT2D eigenvalue weighted by Gasteiger charge is 2.52. The van der Waals surface area contributed by atoms with Crippen molar-refractivity contribution in [1.82, 2.24) is 15.2 Å².